The summed E-state index contributed by atoms with van der Waals surface area (Å²) in [5.74, 6) is -0.469. The topological polar surface area (TPSA) is 75.1 Å². The van der Waals surface area contributed by atoms with Crippen molar-refractivity contribution in [3.05, 3.63) is 67.1 Å². The second-order valence-electron chi connectivity index (χ2n) is 4.95. The summed E-state index contributed by atoms with van der Waals surface area (Å²) in [4.78, 5) is 26.3. The van der Waals surface area contributed by atoms with Gasteiger partial charge in [-0.2, -0.15) is 0 Å². The standard InChI is InChI=1S/C15H15FN2O3/c1-9(2)7-12-14(19)18(21)15(20)13(17-12)8-10-5-3-4-6-11(10)16/h3-9,17,21H,1-2H3/b12-7+,13-8-. The molecule has 2 N–H and O–H groups in total. The minimum absolute atomic E-state index is 0.0252. The molecule has 6 heteroatoms. The minimum atomic E-state index is -0.927. The van der Waals surface area contributed by atoms with Gasteiger partial charge in [-0.3, -0.25) is 9.59 Å². The molecule has 0 saturated heterocycles. The van der Waals surface area contributed by atoms with Crippen LogP contribution in [0.2, 0.25) is 0 Å². The zero-order valence-corrected chi connectivity index (χ0v) is 11.6. The molecule has 0 radical (unpaired) electrons. The van der Waals surface area contributed by atoms with Crippen molar-refractivity contribution in [2.24, 2.45) is 5.92 Å². The van der Waals surface area contributed by atoms with E-state index in [1.54, 1.807) is 12.1 Å². The summed E-state index contributed by atoms with van der Waals surface area (Å²) in [5, 5.41) is 9.57. The van der Waals surface area contributed by atoms with Crippen LogP contribution in [0.1, 0.15) is 19.4 Å². The molecule has 1 aromatic heterocycles. The average Bonchev–Trinajstić information content (AvgIpc) is 2.43. The monoisotopic (exact) mass is 290 g/mol. The fourth-order valence-corrected chi connectivity index (χ4v) is 1.86. The Morgan fingerprint density at radius 1 is 1.19 bits per heavy atom. The van der Waals surface area contributed by atoms with Crippen molar-refractivity contribution in [2.75, 3.05) is 0 Å². The maximum absolute atomic E-state index is 13.6. The summed E-state index contributed by atoms with van der Waals surface area (Å²) >= 11 is 0. The van der Waals surface area contributed by atoms with Gasteiger partial charge >= 0.3 is 11.1 Å². The zero-order valence-electron chi connectivity index (χ0n) is 11.6. The third kappa shape index (κ3) is 3.10. The lowest BCUT2D eigenvalue weighted by atomic mass is 10.2. The normalized spacial score (nSPS) is 13.1. The lowest BCUT2D eigenvalue weighted by Crippen LogP contribution is -2.52. The lowest BCUT2D eigenvalue weighted by Gasteiger charge is -1.99. The van der Waals surface area contributed by atoms with Crippen LogP contribution in [0.4, 0.5) is 4.39 Å². The van der Waals surface area contributed by atoms with Gasteiger partial charge in [0.15, 0.2) is 0 Å². The van der Waals surface area contributed by atoms with E-state index in [9.17, 15) is 19.2 Å². The predicted molar refractivity (Wildman–Crippen MR) is 77.0 cm³/mol. The Hall–Kier alpha value is -2.63. The molecule has 0 bridgehead atoms. The molecule has 5 nitrogen and oxygen atoms in total. The molecule has 110 valence electrons. The average molecular weight is 290 g/mol. The molecule has 21 heavy (non-hydrogen) atoms. The first kappa shape index (κ1) is 14.8. The van der Waals surface area contributed by atoms with Gasteiger partial charge in [-0.25, -0.2) is 4.39 Å². The van der Waals surface area contributed by atoms with Crippen molar-refractivity contribution < 1.29 is 9.60 Å². The van der Waals surface area contributed by atoms with E-state index in [2.05, 4.69) is 4.98 Å². The van der Waals surface area contributed by atoms with E-state index in [4.69, 9.17) is 0 Å². The van der Waals surface area contributed by atoms with Crippen molar-refractivity contribution in [2.45, 2.75) is 13.8 Å². The van der Waals surface area contributed by atoms with E-state index in [1.165, 1.54) is 24.3 Å². The maximum atomic E-state index is 13.6. The highest BCUT2D eigenvalue weighted by Gasteiger charge is 2.05. The molecule has 0 aliphatic heterocycles. The molecule has 0 amide bonds. The Labute approximate surface area is 119 Å². The first-order chi connectivity index (χ1) is 9.90. The van der Waals surface area contributed by atoms with Gasteiger partial charge in [0.1, 0.15) is 16.5 Å². The second-order valence-corrected chi connectivity index (χ2v) is 4.95. The molecular formula is C15H15FN2O3. The molecule has 0 aliphatic rings. The Balaban J connectivity index is 2.83. The Morgan fingerprint density at radius 2 is 1.81 bits per heavy atom. The molecule has 0 saturated carbocycles. The van der Waals surface area contributed by atoms with Crippen LogP contribution in [-0.2, 0) is 0 Å². The fourth-order valence-electron chi connectivity index (χ4n) is 1.86. The summed E-state index contributed by atoms with van der Waals surface area (Å²) in [6, 6.07) is 5.89. The fraction of sp³-hybridized carbons (Fsp3) is 0.200. The molecular weight excluding hydrogens is 275 g/mol. The summed E-state index contributed by atoms with van der Waals surface area (Å²) in [5.41, 5.74) is -1.58. The van der Waals surface area contributed by atoms with Crippen LogP contribution in [-0.4, -0.2) is 14.9 Å². The number of nitrogens with one attached hydrogen (secondary N) is 1. The minimum Gasteiger partial charge on any atom is -0.422 e. The molecule has 0 spiro atoms. The number of hydrogen-bond donors (Lipinski definition) is 2. The van der Waals surface area contributed by atoms with Gasteiger partial charge in [-0.15, -0.1) is 4.73 Å². The van der Waals surface area contributed by atoms with Gasteiger partial charge in [-0.05, 0) is 18.1 Å². The number of aromatic amines is 1. The van der Waals surface area contributed by atoms with E-state index in [0.717, 1.165) is 0 Å². The number of rotatable bonds is 2. The molecule has 1 heterocycles. The SMILES string of the molecule is CC(C)/C=c1/[nH]/c(=C\c2ccccc2F)c(=O)n(O)c1=O. The molecule has 0 aliphatic carbocycles. The zero-order chi connectivity index (χ0) is 15.6. The van der Waals surface area contributed by atoms with Crippen molar-refractivity contribution in [1.29, 1.82) is 0 Å². The predicted octanol–water partition coefficient (Wildman–Crippen LogP) is 0.178. The van der Waals surface area contributed by atoms with Crippen LogP contribution in [0.25, 0.3) is 12.2 Å². The highest BCUT2D eigenvalue weighted by Crippen LogP contribution is 2.05. The van der Waals surface area contributed by atoms with Crippen LogP contribution >= 0.6 is 0 Å². The van der Waals surface area contributed by atoms with Gasteiger partial charge in [-0.1, -0.05) is 38.1 Å². The van der Waals surface area contributed by atoms with E-state index in [1.807, 2.05) is 13.8 Å². The number of H-pyrrole nitrogens is 1. The summed E-state index contributed by atoms with van der Waals surface area (Å²) < 4.78 is 13.6. The second kappa shape index (κ2) is 5.78. The van der Waals surface area contributed by atoms with E-state index in [0.29, 0.717) is 0 Å². The lowest BCUT2D eigenvalue weighted by molar-refractivity contribution is 0.161. The number of nitrogens with zero attached hydrogens (tertiary/aromatic N) is 1. The number of benzene rings is 1. The summed E-state index contributed by atoms with van der Waals surface area (Å²) in [7, 11) is 0. The van der Waals surface area contributed by atoms with Crippen LogP contribution < -0.4 is 21.8 Å². The van der Waals surface area contributed by atoms with Crippen LogP contribution in [0, 0.1) is 11.7 Å². The molecule has 0 unspecified atom stereocenters. The first-order valence-electron chi connectivity index (χ1n) is 6.43. The molecule has 0 fully saturated rings. The Kier molecular flexibility index (Phi) is 4.07. The van der Waals surface area contributed by atoms with Crippen molar-refractivity contribution in [1.82, 2.24) is 9.71 Å². The smallest absolute Gasteiger partial charge is 0.310 e. The quantitative estimate of drug-likeness (QED) is 0.775. The van der Waals surface area contributed by atoms with Crippen LogP contribution in [0.3, 0.4) is 0 Å². The van der Waals surface area contributed by atoms with E-state index in [-0.39, 0.29) is 26.9 Å². The van der Waals surface area contributed by atoms with Gasteiger partial charge in [0.25, 0.3) is 0 Å². The number of aromatic nitrogens is 2. The molecule has 2 aromatic rings. The van der Waals surface area contributed by atoms with Crippen LogP contribution in [0.5, 0.6) is 0 Å². The maximum Gasteiger partial charge on any atom is 0.310 e. The van der Waals surface area contributed by atoms with Gasteiger partial charge in [0, 0.05) is 5.56 Å². The van der Waals surface area contributed by atoms with Crippen LogP contribution in [0.15, 0.2) is 33.9 Å². The molecule has 2 rings (SSSR count). The Bertz CT molecular complexity index is 894. The first-order valence-corrected chi connectivity index (χ1v) is 6.43. The van der Waals surface area contributed by atoms with Crippen molar-refractivity contribution in [3.63, 3.8) is 0 Å². The summed E-state index contributed by atoms with van der Waals surface area (Å²) in [6.07, 6.45) is 2.83. The van der Waals surface area contributed by atoms with E-state index < -0.39 is 16.9 Å². The van der Waals surface area contributed by atoms with Crippen molar-refractivity contribution >= 4 is 12.2 Å². The molecule has 0 atom stereocenters. The Morgan fingerprint density at radius 3 is 2.43 bits per heavy atom. The largest absolute Gasteiger partial charge is 0.422 e. The number of halogens is 1. The summed E-state index contributed by atoms with van der Waals surface area (Å²) in [6.45, 7) is 3.70. The third-order valence-electron chi connectivity index (χ3n) is 2.82. The third-order valence-corrected chi connectivity index (χ3v) is 2.82. The highest BCUT2D eigenvalue weighted by atomic mass is 19.1. The molecule has 1 aromatic carbocycles. The van der Waals surface area contributed by atoms with Crippen molar-refractivity contribution in [3.8, 4) is 0 Å². The van der Waals surface area contributed by atoms with E-state index >= 15 is 0 Å². The van der Waals surface area contributed by atoms with Gasteiger partial charge in [0.2, 0.25) is 0 Å². The van der Waals surface area contributed by atoms with Gasteiger partial charge in [0.05, 0.1) is 0 Å². The van der Waals surface area contributed by atoms with Gasteiger partial charge < -0.3 is 10.2 Å². The number of hydrogen-bond acceptors (Lipinski definition) is 3. The highest BCUT2D eigenvalue weighted by molar-refractivity contribution is 5.48.